The van der Waals surface area contributed by atoms with E-state index in [1.807, 2.05) is 4.57 Å². The molecule has 0 spiro atoms. The van der Waals surface area contributed by atoms with Gasteiger partial charge in [0, 0.05) is 18.2 Å². The van der Waals surface area contributed by atoms with Crippen LogP contribution in [0.25, 0.3) is 0 Å². The second kappa shape index (κ2) is 3.31. The first-order valence-electron chi connectivity index (χ1n) is 5.61. The van der Waals surface area contributed by atoms with Gasteiger partial charge in [0.2, 0.25) is 0 Å². The Morgan fingerprint density at radius 1 is 1.62 bits per heavy atom. The van der Waals surface area contributed by atoms with E-state index in [-0.39, 0.29) is 24.0 Å². The summed E-state index contributed by atoms with van der Waals surface area (Å²) in [6.45, 7) is 3.82. The molecule has 5 heteroatoms. The highest BCUT2D eigenvalue weighted by Crippen LogP contribution is 2.38. The molecule has 0 amide bonds. The molecular weight excluding hydrogens is 208 g/mol. The molecule has 3 atom stereocenters. The molecule has 0 radical (unpaired) electrons. The summed E-state index contributed by atoms with van der Waals surface area (Å²) in [6.07, 6.45) is 3.66. The van der Waals surface area contributed by atoms with Crippen LogP contribution in [0.2, 0.25) is 0 Å². The van der Waals surface area contributed by atoms with Crippen molar-refractivity contribution in [3.8, 4) is 6.01 Å². The monoisotopic (exact) mass is 222 g/mol. The highest BCUT2D eigenvalue weighted by atomic mass is 16.6. The van der Waals surface area contributed by atoms with Crippen LogP contribution in [0.4, 0.5) is 0 Å². The van der Waals surface area contributed by atoms with E-state index in [2.05, 4.69) is 11.9 Å². The third kappa shape index (κ3) is 1.28. The molecule has 1 aromatic heterocycles. The molecule has 0 unspecified atom stereocenters. The maximum absolute atomic E-state index is 11.4. The van der Waals surface area contributed by atoms with Crippen LogP contribution >= 0.6 is 0 Å². The molecule has 2 bridgehead atoms. The van der Waals surface area contributed by atoms with E-state index in [0.717, 1.165) is 12.8 Å². The average Bonchev–Trinajstić information content (AvgIpc) is 2.60. The first-order valence-corrected chi connectivity index (χ1v) is 5.61. The zero-order chi connectivity index (χ0) is 11.3. The number of nitrogens with zero attached hydrogens (tertiary/aromatic N) is 2. The molecule has 3 rings (SSSR count). The number of rotatable bonds is 1. The highest BCUT2D eigenvalue weighted by Gasteiger charge is 2.42. The number of aromatic nitrogens is 2. The van der Waals surface area contributed by atoms with Crippen LogP contribution in [0.5, 0.6) is 6.01 Å². The van der Waals surface area contributed by atoms with E-state index in [1.165, 1.54) is 0 Å². The maximum Gasteiger partial charge on any atom is 0.302 e. The van der Waals surface area contributed by atoms with Gasteiger partial charge in [-0.2, -0.15) is 4.98 Å². The standard InChI is InChI=1S/C11H14N2O3/c1-3-7-8-4-9(15-7)13-5-6(2)10(14)12-11(13)16-8/h5,7-9H,3-4H2,1-2H3/t7-,8-,9-/m1/s1. The topological polar surface area (TPSA) is 53.4 Å². The SMILES string of the molecule is CC[C@H]1O[C@@H]2C[C@H]1Oc1nc(=O)c(C)cn12. The first-order chi connectivity index (χ1) is 7.69. The molecule has 16 heavy (non-hydrogen) atoms. The van der Waals surface area contributed by atoms with Gasteiger partial charge in [-0.05, 0) is 13.3 Å². The summed E-state index contributed by atoms with van der Waals surface area (Å²) in [5, 5.41) is 0. The van der Waals surface area contributed by atoms with Crippen molar-refractivity contribution in [2.45, 2.75) is 45.1 Å². The fourth-order valence-corrected chi connectivity index (χ4v) is 2.34. The summed E-state index contributed by atoms with van der Waals surface area (Å²) in [5.41, 5.74) is 0.398. The van der Waals surface area contributed by atoms with Crippen LogP contribution in [-0.2, 0) is 4.74 Å². The van der Waals surface area contributed by atoms with Crippen LogP contribution in [0, 0.1) is 6.92 Å². The van der Waals surface area contributed by atoms with Crippen LogP contribution in [-0.4, -0.2) is 21.8 Å². The van der Waals surface area contributed by atoms with Gasteiger partial charge in [-0.25, -0.2) is 0 Å². The van der Waals surface area contributed by atoms with E-state index in [4.69, 9.17) is 9.47 Å². The number of fused-ring (bicyclic) bond motifs is 4. The minimum atomic E-state index is -0.222. The van der Waals surface area contributed by atoms with Gasteiger partial charge in [-0.3, -0.25) is 9.36 Å². The van der Waals surface area contributed by atoms with Gasteiger partial charge in [-0.15, -0.1) is 0 Å². The lowest BCUT2D eigenvalue weighted by atomic mass is 10.1. The summed E-state index contributed by atoms with van der Waals surface area (Å²) in [6, 6.07) is 0.396. The lowest BCUT2D eigenvalue weighted by Gasteiger charge is -2.23. The molecule has 2 aliphatic heterocycles. The largest absolute Gasteiger partial charge is 0.458 e. The maximum atomic E-state index is 11.4. The molecule has 0 aliphatic carbocycles. The van der Waals surface area contributed by atoms with E-state index in [9.17, 15) is 4.79 Å². The van der Waals surface area contributed by atoms with Crippen molar-refractivity contribution in [2.75, 3.05) is 0 Å². The Bertz CT molecular complexity index is 483. The van der Waals surface area contributed by atoms with Crippen LogP contribution in [0.15, 0.2) is 11.0 Å². The van der Waals surface area contributed by atoms with E-state index in [1.54, 1.807) is 13.1 Å². The zero-order valence-electron chi connectivity index (χ0n) is 9.34. The van der Waals surface area contributed by atoms with Crippen molar-refractivity contribution in [3.05, 3.63) is 22.1 Å². The Kier molecular flexibility index (Phi) is 2.04. The normalized spacial score (nSPS) is 31.0. The predicted molar refractivity (Wildman–Crippen MR) is 56.5 cm³/mol. The quantitative estimate of drug-likeness (QED) is 0.711. The predicted octanol–water partition coefficient (Wildman–Crippen LogP) is 1.01. The van der Waals surface area contributed by atoms with Gasteiger partial charge in [0.05, 0.1) is 6.10 Å². The van der Waals surface area contributed by atoms with E-state index >= 15 is 0 Å². The summed E-state index contributed by atoms with van der Waals surface area (Å²) in [4.78, 5) is 15.4. The van der Waals surface area contributed by atoms with Gasteiger partial charge in [0.15, 0.2) is 0 Å². The fourth-order valence-electron chi connectivity index (χ4n) is 2.34. The van der Waals surface area contributed by atoms with Gasteiger partial charge in [-0.1, -0.05) is 6.92 Å². The molecular formula is C11H14N2O3. The second-order valence-corrected chi connectivity index (χ2v) is 4.35. The molecule has 0 saturated carbocycles. The van der Waals surface area contributed by atoms with Crippen LogP contribution in [0.1, 0.15) is 31.6 Å². The summed E-state index contributed by atoms with van der Waals surface area (Å²) in [5.74, 6) is 0. The zero-order valence-corrected chi connectivity index (χ0v) is 9.34. The van der Waals surface area contributed by atoms with Gasteiger partial charge >= 0.3 is 6.01 Å². The minimum Gasteiger partial charge on any atom is -0.458 e. The smallest absolute Gasteiger partial charge is 0.302 e. The van der Waals surface area contributed by atoms with Gasteiger partial charge < -0.3 is 9.47 Å². The van der Waals surface area contributed by atoms with Crippen molar-refractivity contribution in [2.24, 2.45) is 0 Å². The van der Waals surface area contributed by atoms with Crippen molar-refractivity contribution in [1.82, 2.24) is 9.55 Å². The van der Waals surface area contributed by atoms with Gasteiger partial charge in [0.1, 0.15) is 12.3 Å². The molecule has 1 fully saturated rings. The molecule has 1 aromatic rings. The summed E-state index contributed by atoms with van der Waals surface area (Å²) >= 11 is 0. The van der Waals surface area contributed by atoms with Crippen molar-refractivity contribution < 1.29 is 9.47 Å². The molecule has 3 heterocycles. The second-order valence-electron chi connectivity index (χ2n) is 4.35. The molecule has 5 nitrogen and oxygen atoms in total. The Balaban J connectivity index is 2.06. The number of hydrogen-bond acceptors (Lipinski definition) is 4. The minimum absolute atomic E-state index is 0.0227. The van der Waals surface area contributed by atoms with Crippen molar-refractivity contribution >= 4 is 0 Å². The van der Waals surface area contributed by atoms with Crippen molar-refractivity contribution in [1.29, 1.82) is 0 Å². The Hall–Kier alpha value is -1.36. The highest BCUT2D eigenvalue weighted by molar-refractivity contribution is 5.12. The number of ether oxygens (including phenoxy) is 2. The van der Waals surface area contributed by atoms with Crippen molar-refractivity contribution in [3.63, 3.8) is 0 Å². The molecule has 86 valence electrons. The third-order valence-corrected chi connectivity index (χ3v) is 3.24. The third-order valence-electron chi connectivity index (χ3n) is 3.24. The summed E-state index contributed by atoms with van der Waals surface area (Å²) in [7, 11) is 0. The van der Waals surface area contributed by atoms with Crippen LogP contribution in [0.3, 0.4) is 0 Å². The average molecular weight is 222 g/mol. The molecule has 2 aliphatic rings. The lowest BCUT2D eigenvalue weighted by molar-refractivity contribution is 0.00106. The number of aryl methyl sites for hydroxylation is 1. The Labute approximate surface area is 93.0 Å². The number of hydrogen-bond donors (Lipinski definition) is 0. The Morgan fingerprint density at radius 3 is 3.19 bits per heavy atom. The van der Waals surface area contributed by atoms with E-state index in [0.29, 0.717) is 11.6 Å². The Morgan fingerprint density at radius 2 is 2.44 bits per heavy atom. The van der Waals surface area contributed by atoms with E-state index < -0.39 is 0 Å². The fraction of sp³-hybridized carbons (Fsp3) is 0.636. The molecule has 0 N–H and O–H groups in total. The van der Waals surface area contributed by atoms with Gasteiger partial charge in [0.25, 0.3) is 5.56 Å². The first kappa shape index (κ1) is 9.84. The molecule has 1 saturated heterocycles. The summed E-state index contributed by atoms with van der Waals surface area (Å²) < 4.78 is 13.4. The van der Waals surface area contributed by atoms with Crippen LogP contribution < -0.4 is 10.3 Å². The molecule has 0 aromatic carbocycles. The lowest BCUT2D eigenvalue weighted by Crippen LogP contribution is -2.31.